The summed E-state index contributed by atoms with van der Waals surface area (Å²) in [6.45, 7) is 0.917. The van der Waals surface area contributed by atoms with Crippen LogP contribution in [0.2, 0.25) is 0 Å². The molecule has 2 aliphatic rings. The zero-order chi connectivity index (χ0) is 21.5. The number of rotatable bonds is 6. The van der Waals surface area contributed by atoms with Crippen molar-refractivity contribution in [3.8, 4) is 5.75 Å². The van der Waals surface area contributed by atoms with Crippen LogP contribution < -0.4 is 4.74 Å². The third-order valence-electron chi connectivity index (χ3n) is 7.59. The van der Waals surface area contributed by atoms with Gasteiger partial charge in [0.1, 0.15) is 24.0 Å². The van der Waals surface area contributed by atoms with E-state index in [0.29, 0.717) is 12.6 Å². The van der Waals surface area contributed by atoms with Gasteiger partial charge in [0.25, 0.3) is 0 Å². The smallest absolute Gasteiger partial charge is 0.137 e. The van der Waals surface area contributed by atoms with Crippen molar-refractivity contribution in [2.24, 2.45) is 0 Å². The molecule has 1 N–H and O–H groups in total. The third-order valence-corrected chi connectivity index (χ3v) is 7.59. The van der Waals surface area contributed by atoms with Crippen LogP contribution in [0.25, 0.3) is 21.7 Å². The summed E-state index contributed by atoms with van der Waals surface area (Å²) in [7, 11) is 0. The van der Waals surface area contributed by atoms with Gasteiger partial charge in [-0.2, -0.15) is 0 Å². The molecule has 4 nitrogen and oxygen atoms in total. The van der Waals surface area contributed by atoms with Crippen LogP contribution in [0, 0.1) is 0 Å². The van der Waals surface area contributed by atoms with Crippen LogP contribution in [0.1, 0.15) is 37.7 Å². The molecule has 2 fully saturated rings. The Bertz CT molecular complexity index is 1240. The quantitative estimate of drug-likeness (QED) is 0.418. The summed E-state index contributed by atoms with van der Waals surface area (Å²) in [5.74, 6) is 0.765. The third kappa shape index (κ3) is 3.30. The first-order chi connectivity index (χ1) is 15.7. The largest absolute Gasteiger partial charge is 0.490 e. The molecule has 4 heteroatoms. The Kier molecular flexibility index (Phi) is 4.93. The molecule has 2 bridgehead atoms. The van der Waals surface area contributed by atoms with Crippen molar-refractivity contribution >= 4 is 21.7 Å². The van der Waals surface area contributed by atoms with Gasteiger partial charge >= 0.3 is 0 Å². The molecule has 0 spiro atoms. The number of hydrogen-bond donors (Lipinski definition) is 1. The van der Waals surface area contributed by atoms with Crippen LogP contribution in [0.5, 0.6) is 5.75 Å². The lowest BCUT2D eigenvalue weighted by molar-refractivity contribution is -0.00725. The van der Waals surface area contributed by atoms with E-state index in [0.717, 1.165) is 29.6 Å². The van der Waals surface area contributed by atoms with Crippen LogP contribution in [0.15, 0.2) is 77.4 Å². The molecule has 32 heavy (non-hydrogen) atoms. The first kappa shape index (κ1) is 19.8. The van der Waals surface area contributed by atoms with E-state index in [9.17, 15) is 5.11 Å². The minimum Gasteiger partial charge on any atom is -0.490 e. The number of aliphatic hydroxyl groups is 1. The van der Waals surface area contributed by atoms with Gasteiger partial charge in [0.15, 0.2) is 0 Å². The molecule has 3 atom stereocenters. The van der Waals surface area contributed by atoms with Crippen LogP contribution >= 0.6 is 0 Å². The van der Waals surface area contributed by atoms with Crippen molar-refractivity contribution in [3.05, 3.63) is 78.6 Å². The molecule has 0 aliphatic carbocycles. The molecule has 2 unspecified atom stereocenters. The lowest BCUT2D eigenvalue weighted by atomic mass is 9.80. The summed E-state index contributed by atoms with van der Waals surface area (Å²) in [6, 6.07) is 23.8. The van der Waals surface area contributed by atoms with E-state index >= 15 is 0 Å². The normalized spacial score (nSPS) is 24.2. The maximum absolute atomic E-state index is 11.0. The molecule has 164 valence electrons. The van der Waals surface area contributed by atoms with Crippen molar-refractivity contribution in [2.45, 2.75) is 49.8 Å². The standard InChI is InChI=1S/C28H29NO3/c30-24(19-32-27-9-3-8-26-25(27)13-16-31-26)18-29-23-7-4-14-28(29,15-12-23)22-11-10-20-5-1-2-6-21(20)17-22/h1-3,5-6,8-11,13,16-17,23-24,30H,4,7,12,14-15,18-19H2/t23?,24-,28?/m0/s1. The highest BCUT2D eigenvalue weighted by molar-refractivity contribution is 5.84. The number of nitrogens with zero attached hydrogens (tertiary/aromatic N) is 1. The Morgan fingerprint density at radius 1 is 1.00 bits per heavy atom. The van der Waals surface area contributed by atoms with Crippen molar-refractivity contribution in [1.29, 1.82) is 0 Å². The van der Waals surface area contributed by atoms with Crippen molar-refractivity contribution in [1.82, 2.24) is 4.90 Å². The van der Waals surface area contributed by atoms with Crippen molar-refractivity contribution < 1.29 is 14.3 Å². The van der Waals surface area contributed by atoms with Crippen LogP contribution in [0.4, 0.5) is 0 Å². The van der Waals surface area contributed by atoms with Gasteiger partial charge in [-0.25, -0.2) is 0 Å². The summed E-state index contributed by atoms with van der Waals surface area (Å²) < 4.78 is 11.5. The fourth-order valence-corrected chi connectivity index (χ4v) is 6.07. The lowest BCUT2D eigenvalue weighted by Gasteiger charge is -2.46. The second kappa shape index (κ2) is 7.95. The van der Waals surface area contributed by atoms with Gasteiger partial charge in [-0.3, -0.25) is 4.90 Å². The van der Waals surface area contributed by atoms with Gasteiger partial charge < -0.3 is 14.3 Å². The highest BCUT2D eigenvalue weighted by atomic mass is 16.5. The number of fused-ring (bicyclic) bond motifs is 4. The van der Waals surface area contributed by atoms with E-state index in [-0.39, 0.29) is 12.1 Å². The van der Waals surface area contributed by atoms with E-state index in [1.54, 1.807) is 6.26 Å². The minimum atomic E-state index is -0.546. The topological polar surface area (TPSA) is 45.8 Å². The zero-order valence-electron chi connectivity index (χ0n) is 18.2. The Balaban J connectivity index is 1.23. The first-order valence-corrected chi connectivity index (χ1v) is 11.8. The Morgan fingerprint density at radius 3 is 2.84 bits per heavy atom. The molecule has 0 radical (unpaired) electrons. The van der Waals surface area contributed by atoms with Gasteiger partial charge in [0.2, 0.25) is 0 Å². The highest BCUT2D eigenvalue weighted by Crippen LogP contribution is 2.51. The summed E-state index contributed by atoms with van der Waals surface area (Å²) in [5.41, 5.74) is 2.23. The number of piperidine rings is 1. The SMILES string of the molecule is O[C@H](COc1cccc2occc12)CN1C2CCCC1(c1ccc3ccccc3c1)CC2. The van der Waals surface area contributed by atoms with E-state index in [4.69, 9.17) is 9.15 Å². The molecule has 1 aromatic heterocycles. The monoisotopic (exact) mass is 427 g/mol. The lowest BCUT2D eigenvalue weighted by Crippen LogP contribution is -2.51. The maximum Gasteiger partial charge on any atom is 0.137 e. The number of hydrogen-bond acceptors (Lipinski definition) is 4. The molecule has 0 saturated carbocycles. The number of furan rings is 1. The van der Waals surface area contributed by atoms with Gasteiger partial charge in [-0.15, -0.1) is 0 Å². The van der Waals surface area contributed by atoms with Crippen LogP contribution in [-0.4, -0.2) is 35.3 Å². The average molecular weight is 428 g/mol. The molecule has 3 aromatic carbocycles. The summed E-state index contributed by atoms with van der Waals surface area (Å²) in [5, 5.41) is 14.5. The van der Waals surface area contributed by atoms with Crippen molar-refractivity contribution in [2.75, 3.05) is 13.2 Å². The predicted molar refractivity (Wildman–Crippen MR) is 127 cm³/mol. The van der Waals surface area contributed by atoms with Gasteiger partial charge in [0.05, 0.1) is 11.6 Å². The molecule has 2 saturated heterocycles. The van der Waals surface area contributed by atoms with E-state index in [2.05, 4.69) is 47.4 Å². The fourth-order valence-electron chi connectivity index (χ4n) is 6.07. The van der Waals surface area contributed by atoms with Crippen LogP contribution in [0.3, 0.4) is 0 Å². The van der Waals surface area contributed by atoms with Gasteiger partial charge in [-0.1, -0.05) is 42.5 Å². The highest BCUT2D eigenvalue weighted by Gasteiger charge is 2.50. The van der Waals surface area contributed by atoms with Gasteiger partial charge in [-0.05, 0) is 72.7 Å². The van der Waals surface area contributed by atoms with Gasteiger partial charge in [0, 0.05) is 18.1 Å². The number of aliphatic hydroxyl groups excluding tert-OH is 1. The summed E-state index contributed by atoms with van der Waals surface area (Å²) in [4.78, 5) is 2.59. The van der Waals surface area contributed by atoms with E-state index in [1.807, 2.05) is 24.3 Å². The van der Waals surface area contributed by atoms with Crippen LogP contribution in [-0.2, 0) is 5.54 Å². The molecule has 0 amide bonds. The maximum atomic E-state index is 11.0. The van der Waals surface area contributed by atoms with Crippen molar-refractivity contribution in [3.63, 3.8) is 0 Å². The summed E-state index contributed by atoms with van der Waals surface area (Å²) in [6.07, 6.45) is 7.12. The molecule has 4 aromatic rings. The molecular formula is C28H29NO3. The molecule has 2 aliphatic heterocycles. The average Bonchev–Trinajstić information content (AvgIpc) is 3.37. The Labute approximate surface area is 188 Å². The Morgan fingerprint density at radius 2 is 1.91 bits per heavy atom. The predicted octanol–water partition coefficient (Wildman–Crippen LogP) is 5.87. The van der Waals surface area contributed by atoms with E-state index < -0.39 is 6.10 Å². The number of ether oxygens (including phenoxy) is 1. The summed E-state index contributed by atoms with van der Waals surface area (Å²) >= 11 is 0. The molecule has 6 rings (SSSR count). The first-order valence-electron chi connectivity index (χ1n) is 11.8. The van der Waals surface area contributed by atoms with E-state index in [1.165, 1.54) is 35.6 Å². The Hall–Kier alpha value is -2.82. The molecule has 3 heterocycles. The zero-order valence-corrected chi connectivity index (χ0v) is 18.2. The second-order valence-electron chi connectivity index (χ2n) is 9.38. The minimum absolute atomic E-state index is 0.0263. The number of benzene rings is 3. The fraction of sp³-hybridized carbons (Fsp3) is 0.357. The molecular weight excluding hydrogens is 398 g/mol. The second-order valence-corrected chi connectivity index (χ2v) is 9.38.